The number of aliphatic hydroxyl groups is 1. The van der Waals surface area contributed by atoms with Crippen LogP contribution in [0.2, 0.25) is 0 Å². The number of hydrogen-bond acceptors (Lipinski definition) is 3. The van der Waals surface area contributed by atoms with Gasteiger partial charge >= 0.3 is 0 Å². The van der Waals surface area contributed by atoms with Crippen molar-refractivity contribution in [2.45, 2.75) is 30.6 Å². The molecule has 17 heavy (non-hydrogen) atoms. The van der Waals surface area contributed by atoms with E-state index in [-0.39, 0.29) is 11.9 Å². The minimum atomic E-state index is -3.23. The number of rotatable bonds is 6. The van der Waals surface area contributed by atoms with Crippen LogP contribution in [0.5, 0.6) is 0 Å². The highest BCUT2D eigenvalue weighted by molar-refractivity contribution is 7.90. The topological polar surface area (TPSA) is 66.4 Å². The number of aliphatic hydroxyl groups excluding tert-OH is 1. The van der Waals surface area contributed by atoms with Crippen LogP contribution in [-0.2, 0) is 16.4 Å². The van der Waals surface area contributed by atoms with Gasteiger partial charge in [-0.05, 0) is 24.8 Å². The molecule has 1 fully saturated rings. The van der Waals surface area contributed by atoms with Gasteiger partial charge in [0.25, 0.3) is 0 Å². The van der Waals surface area contributed by atoms with Crippen LogP contribution in [-0.4, -0.2) is 31.4 Å². The normalized spacial score (nSPS) is 17.9. The third kappa shape index (κ3) is 3.52. The van der Waals surface area contributed by atoms with E-state index in [1.165, 1.54) is 0 Å². The second-order valence-electron chi connectivity index (χ2n) is 4.43. The molecule has 4 nitrogen and oxygen atoms in total. The third-order valence-electron chi connectivity index (χ3n) is 2.84. The van der Waals surface area contributed by atoms with Gasteiger partial charge in [0.2, 0.25) is 10.0 Å². The molecule has 2 N–H and O–H groups in total. The van der Waals surface area contributed by atoms with Crippen LogP contribution in [0, 0.1) is 0 Å². The molecule has 1 aliphatic rings. The Morgan fingerprint density at radius 1 is 1.29 bits per heavy atom. The summed E-state index contributed by atoms with van der Waals surface area (Å²) in [6.07, 6.45) is 1.99. The largest absolute Gasteiger partial charge is 0.395 e. The van der Waals surface area contributed by atoms with Crippen molar-refractivity contribution in [2.75, 3.05) is 6.61 Å². The number of nitrogens with one attached hydrogen (secondary N) is 1. The quantitative estimate of drug-likeness (QED) is 0.785. The van der Waals surface area contributed by atoms with E-state index in [1.54, 1.807) is 0 Å². The molecule has 94 valence electrons. The molecule has 0 amide bonds. The lowest BCUT2D eigenvalue weighted by molar-refractivity contribution is 0.256. The van der Waals surface area contributed by atoms with Crippen LogP contribution in [0.15, 0.2) is 30.3 Å². The van der Waals surface area contributed by atoms with E-state index in [2.05, 4.69) is 4.72 Å². The van der Waals surface area contributed by atoms with E-state index in [9.17, 15) is 13.5 Å². The highest BCUT2D eigenvalue weighted by atomic mass is 32.2. The molecule has 0 spiro atoms. The van der Waals surface area contributed by atoms with Crippen molar-refractivity contribution >= 4 is 10.0 Å². The molecule has 0 unspecified atom stereocenters. The van der Waals surface area contributed by atoms with Crippen molar-refractivity contribution in [3.8, 4) is 0 Å². The van der Waals surface area contributed by atoms with Gasteiger partial charge in [-0.25, -0.2) is 13.1 Å². The van der Waals surface area contributed by atoms with Gasteiger partial charge in [-0.2, -0.15) is 0 Å². The Morgan fingerprint density at radius 2 is 1.94 bits per heavy atom. The lowest BCUT2D eigenvalue weighted by atomic mass is 10.1. The maximum atomic E-state index is 11.7. The fourth-order valence-electron chi connectivity index (χ4n) is 1.75. The molecule has 0 aliphatic heterocycles. The van der Waals surface area contributed by atoms with Gasteiger partial charge in [-0.1, -0.05) is 30.3 Å². The zero-order valence-corrected chi connectivity index (χ0v) is 10.4. The number of hydrogen-bond donors (Lipinski definition) is 2. The minimum absolute atomic E-state index is 0.180. The zero-order chi connectivity index (χ0) is 12.3. The maximum Gasteiger partial charge on any atom is 0.214 e. The SMILES string of the molecule is O=S(=O)(N[C@@H](CO)Cc1ccccc1)C1CC1. The fourth-order valence-corrected chi connectivity index (χ4v) is 3.32. The highest BCUT2D eigenvalue weighted by Gasteiger charge is 2.36. The lowest BCUT2D eigenvalue weighted by Crippen LogP contribution is -2.40. The van der Waals surface area contributed by atoms with Crippen LogP contribution in [0.3, 0.4) is 0 Å². The van der Waals surface area contributed by atoms with E-state index in [0.717, 1.165) is 18.4 Å². The first-order chi connectivity index (χ1) is 8.12. The van der Waals surface area contributed by atoms with E-state index < -0.39 is 16.1 Å². The Bertz CT molecular complexity index is 454. The zero-order valence-electron chi connectivity index (χ0n) is 9.54. The van der Waals surface area contributed by atoms with Gasteiger partial charge < -0.3 is 5.11 Å². The molecule has 1 aromatic rings. The van der Waals surface area contributed by atoms with E-state index >= 15 is 0 Å². The van der Waals surface area contributed by atoms with Gasteiger partial charge in [-0.3, -0.25) is 0 Å². The molecule has 1 aliphatic carbocycles. The second-order valence-corrected chi connectivity index (χ2v) is 6.42. The van der Waals surface area contributed by atoms with Crippen molar-refractivity contribution < 1.29 is 13.5 Å². The van der Waals surface area contributed by atoms with Crippen molar-refractivity contribution in [3.05, 3.63) is 35.9 Å². The Morgan fingerprint density at radius 3 is 2.47 bits per heavy atom. The summed E-state index contributed by atoms with van der Waals surface area (Å²) >= 11 is 0. The summed E-state index contributed by atoms with van der Waals surface area (Å²) < 4.78 is 26.0. The molecular weight excluding hydrogens is 238 g/mol. The fraction of sp³-hybridized carbons (Fsp3) is 0.500. The van der Waals surface area contributed by atoms with Crippen LogP contribution in [0.25, 0.3) is 0 Å². The second kappa shape index (κ2) is 5.16. The van der Waals surface area contributed by atoms with E-state index in [1.807, 2.05) is 30.3 Å². The van der Waals surface area contributed by atoms with Crippen LogP contribution < -0.4 is 4.72 Å². The van der Waals surface area contributed by atoms with Crippen molar-refractivity contribution in [1.82, 2.24) is 4.72 Å². The molecule has 0 bridgehead atoms. The van der Waals surface area contributed by atoms with Crippen molar-refractivity contribution in [3.63, 3.8) is 0 Å². The van der Waals surface area contributed by atoms with Gasteiger partial charge in [0, 0.05) is 6.04 Å². The van der Waals surface area contributed by atoms with Crippen LogP contribution >= 0.6 is 0 Å². The molecule has 0 heterocycles. The predicted molar refractivity (Wildman–Crippen MR) is 66.1 cm³/mol. The summed E-state index contributed by atoms with van der Waals surface area (Å²) in [6, 6.07) is 9.13. The summed E-state index contributed by atoms with van der Waals surface area (Å²) in [5.41, 5.74) is 1.02. The Labute approximate surface area is 102 Å². The standard InChI is InChI=1S/C12H17NO3S/c14-9-11(8-10-4-2-1-3-5-10)13-17(15,16)12-6-7-12/h1-5,11-14H,6-9H2/t11-/m1/s1. The Balaban J connectivity index is 1.97. The summed E-state index contributed by atoms with van der Waals surface area (Å²) in [4.78, 5) is 0. The van der Waals surface area contributed by atoms with Crippen molar-refractivity contribution in [1.29, 1.82) is 0 Å². The Kier molecular flexibility index (Phi) is 3.81. The molecule has 1 saturated carbocycles. The first-order valence-electron chi connectivity index (χ1n) is 5.78. The predicted octanol–water partition coefficient (Wildman–Crippen LogP) is 0.672. The maximum absolute atomic E-state index is 11.7. The van der Waals surface area contributed by atoms with Gasteiger partial charge in [0.15, 0.2) is 0 Å². The van der Waals surface area contributed by atoms with Crippen molar-refractivity contribution in [2.24, 2.45) is 0 Å². The molecule has 0 radical (unpaired) electrons. The molecular formula is C12H17NO3S. The molecule has 0 saturated heterocycles. The van der Waals surface area contributed by atoms with E-state index in [0.29, 0.717) is 6.42 Å². The minimum Gasteiger partial charge on any atom is -0.395 e. The van der Waals surface area contributed by atoms with E-state index in [4.69, 9.17) is 0 Å². The summed E-state index contributed by atoms with van der Waals surface area (Å²) in [5, 5.41) is 8.98. The highest BCUT2D eigenvalue weighted by Crippen LogP contribution is 2.27. The monoisotopic (exact) mass is 255 g/mol. The average Bonchev–Trinajstić information content (AvgIpc) is 3.13. The smallest absolute Gasteiger partial charge is 0.214 e. The number of benzene rings is 1. The summed E-state index contributed by atoms with van der Waals surface area (Å²) in [6.45, 7) is -0.180. The van der Waals surface area contributed by atoms with Gasteiger partial charge in [0.05, 0.1) is 11.9 Å². The number of sulfonamides is 1. The molecule has 2 rings (SSSR count). The lowest BCUT2D eigenvalue weighted by Gasteiger charge is -2.16. The summed E-state index contributed by atoms with van der Waals surface area (Å²) in [7, 11) is -3.23. The van der Waals surface area contributed by atoms with Crippen LogP contribution in [0.4, 0.5) is 0 Å². The first-order valence-corrected chi connectivity index (χ1v) is 7.32. The van der Waals surface area contributed by atoms with Gasteiger partial charge in [-0.15, -0.1) is 0 Å². The molecule has 1 atom stereocenters. The average molecular weight is 255 g/mol. The summed E-state index contributed by atoms with van der Waals surface area (Å²) in [5.74, 6) is 0. The molecule has 1 aromatic carbocycles. The molecule has 5 heteroatoms. The third-order valence-corrected chi connectivity index (χ3v) is 4.85. The van der Waals surface area contributed by atoms with Gasteiger partial charge in [0.1, 0.15) is 0 Å². The Hall–Kier alpha value is -0.910. The van der Waals surface area contributed by atoms with Crippen LogP contribution in [0.1, 0.15) is 18.4 Å². The first kappa shape index (κ1) is 12.5. The molecule has 0 aromatic heterocycles.